The summed E-state index contributed by atoms with van der Waals surface area (Å²) in [6.45, 7) is 5.39. The number of aryl methyl sites for hydroxylation is 3. The van der Waals surface area contributed by atoms with Gasteiger partial charge < -0.3 is 14.9 Å². The first-order valence-corrected chi connectivity index (χ1v) is 16.2. The molecular formula is C33H41ClF6N6O2. The number of alkyl halides is 6. The van der Waals surface area contributed by atoms with Crippen LogP contribution in [0, 0.1) is 11.8 Å². The molecule has 0 aliphatic heterocycles. The third-order valence-electron chi connectivity index (χ3n) is 9.33. The number of carboxylic acids is 1. The molecule has 2 aromatic carbocycles. The summed E-state index contributed by atoms with van der Waals surface area (Å²) in [5, 5.41) is 22.0. The van der Waals surface area contributed by atoms with Crippen LogP contribution in [0.4, 0.5) is 38.0 Å². The van der Waals surface area contributed by atoms with Crippen LogP contribution in [0.2, 0.25) is 0 Å². The molecule has 0 radical (unpaired) electrons. The number of aromatic nitrogens is 4. The first-order chi connectivity index (χ1) is 22.2. The lowest BCUT2D eigenvalue weighted by atomic mass is 9.81. The molecule has 1 saturated carbocycles. The Kier molecular flexibility index (Phi) is 11.9. The van der Waals surface area contributed by atoms with Crippen LogP contribution in [-0.2, 0) is 49.6 Å². The van der Waals surface area contributed by atoms with E-state index in [1.54, 1.807) is 11.8 Å². The molecule has 0 atom stereocenters. The summed E-state index contributed by atoms with van der Waals surface area (Å²) in [7, 11) is 0. The molecule has 264 valence electrons. The fourth-order valence-corrected chi connectivity index (χ4v) is 6.78. The lowest BCUT2D eigenvalue weighted by molar-refractivity contribution is -0.144. The molecule has 0 spiro atoms. The normalized spacial score (nSPS) is 18.2. The molecule has 0 saturated heterocycles. The Labute approximate surface area is 281 Å². The molecule has 2 aliphatic rings. The number of fused-ring (bicyclic) bond motifs is 1. The Morgan fingerprint density at radius 3 is 2.00 bits per heavy atom. The number of halogens is 7. The van der Waals surface area contributed by atoms with E-state index in [9.17, 15) is 36.2 Å². The molecule has 3 aromatic rings. The highest BCUT2D eigenvalue weighted by Crippen LogP contribution is 2.38. The minimum atomic E-state index is -4.97. The van der Waals surface area contributed by atoms with Crippen molar-refractivity contribution in [3.05, 3.63) is 63.7 Å². The number of nitrogens with zero attached hydrogens (tertiary/aromatic N) is 6. The van der Waals surface area contributed by atoms with E-state index in [2.05, 4.69) is 32.4 Å². The third-order valence-corrected chi connectivity index (χ3v) is 9.33. The quantitative estimate of drug-likeness (QED) is 0.203. The number of benzene rings is 2. The van der Waals surface area contributed by atoms with Crippen LogP contribution in [0.5, 0.6) is 0 Å². The van der Waals surface area contributed by atoms with Crippen LogP contribution in [0.25, 0.3) is 0 Å². The van der Waals surface area contributed by atoms with E-state index in [1.807, 2.05) is 6.92 Å². The molecule has 5 rings (SSSR count). The van der Waals surface area contributed by atoms with Crippen LogP contribution in [0.15, 0.2) is 30.3 Å². The van der Waals surface area contributed by atoms with Crippen molar-refractivity contribution in [1.29, 1.82) is 0 Å². The molecule has 1 N–H and O–H groups in total. The second-order valence-corrected chi connectivity index (χ2v) is 12.6. The molecule has 1 fully saturated rings. The predicted molar refractivity (Wildman–Crippen MR) is 171 cm³/mol. The summed E-state index contributed by atoms with van der Waals surface area (Å²) in [6, 6.07) is 5.90. The van der Waals surface area contributed by atoms with Gasteiger partial charge in [-0.3, -0.25) is 4.79 Å². The number of rotatable bonds is 11. The van der Waals surface area contributed by atoms with Crippen molar-refractivity contribution in [3.63, 3.8) is 0 Å². The van der Waals surface area contributed by atoms with Crippen LogP contribution in [-0.4, -0.2) is 44.4 Å². The van der Waals surface area contributed by atoms with Crippen LogP contribution in [0.1, 0.15) is 85.8 Å². The summed E-state index contributed by atoms with van der Waals surface area (Å²) in [6.07, 6.45) is -3.23. The largest absolute Gasteiger partial charge is 0.481 e. The highest BCUT2D eigenvalue weighted by atomic mass is 35.5. The highest BCUT2D eigenvalue weighted by Gasteiger charge is 2.37. The minimum Gasteiger partial charge on any atom is -0.481 e. The van der Waals surface area contributed by atoms with Gasteiger partial charge in [0, 0.05) is 31.9 Å². The van der Waals surface area contributed by atoms with Gasteiger partial charge in [0.15, 0.2) is 0 Å². The molecule has 0 bridgehead atoms. The van der Waals surface area contributed by atoms with E-state index in [1.165, 1.54) is 15.9 Å². The van der Waals surface area contributed by atoms with Gasteiger partial charge in [-0.25, -0.2) is 0 Å². The van der Waals surface area contributed by atoms with Crippen molar-refractivity contribution in [2.75, 3.05) is 22.9 Å². The molecule has 2 aliphatic carbocycles. The van der Waals surface area contributed by atoms with Gasteiger partial charge in [-0.05, 0) is 123 Å². The number of carbonyl (C=O) groups is 1. The fraction of sp³-hybridized carbons (Fsp3) is 0.576. The molecule has 0 amide bonds. The average molecular weight is 703 g/mol. The smallest absolute Gasteiger partial charge is 0.416 e. The lowest BCUT2D eigenvalue weighted by Crippen LogP contribution is -2.34. The lowest BCUT2D eigenvalue weighted by Gasteiger charge is -2.35. The standard InChI is InChI=1S/C33H40F6N6O2.ClH/c1-3-43(18-21-9-11-23(12-10-21)30(46)47)29-16-25-8-6-5-7-24(25)15-26(29)20-44(31-40-42-45(4-2)41-31)19-22-13-27(32(34,35)36)17-28(14-22)33(37,38)39;/h13-17,21,23H,3-12,18-20H2,1-2H3,(H,46,47);1H. The Morgan fingerprint density at radius 2 is 1.48 bits per heavy atom. The topological polar surface area (TPSA) is 87.4 Å². The number of hydrogen-bond donors (Lipinski definition) is 1. The number of carboxylic acid groups (broad SMARTS) is 1. The predicted octanol–water partition coefficient (Wildman–Crippen LogP) is 7.96. The summed E-state index contributed by atoms with van der Waals surface area (Å²) in [5.74, 6) is -0.698. The Hall–Kier alpha value is -3.55. The molecule has 1 heterocycles. The zero-order valence-corrected chi connectivity index (χ0v) is 27.8. The first-order valence-electron chi connectivity index (χ1n) is 16.2. The van der Waals surface area contributed by atoms with E-state index in [0.717, 1.165) is 61.9 Å². The highest BCUT2D eigenvalue weighted by molar-refractivity contribution is 5.85. The number of anilines is 2. The van der Waals surface area contributed by atoms with Gasteiger partial charge in [0.25, 0.3) is 5.95 Å². The maximum absolute atomic E-state index is 13.7. The number of tetrazole rings is 1. The van der Waals surface area contributed by atoms with Crippen LogP contribution >= 0.6 is 12.4 Å². The maximum Gasteiger partial charge on any atom is 0.416 e. The van der Waals surface area contributed by atoms with Crippen molar-refractivity contribution in [2.45, 2.75) is 97.2 Å². The van der Waals surface area contributed by atoms with Gasteiger partial charge in [0.2, 0.25) is 0 Å². The Bertz CT molecular complexity index is 1520. The molecule has 15 heteroatoms. The summed E-state index contributed by atoms with van der Waals surface area (Å²) in [4.78, 5) is 16.7. The minimum absolute atomic E-state index is 0. The van der Waals surface area contributed by atoms with Crippen molar-refractivity contribution < 1.29 is 36.2 Å². The monoisotopic (exact) mass is 702 g/mol. The Balaban J connectivity index is 0.00000520. The zero-order chi connectivity index (χ0) is 33.9. The van der Waals surface area contributed by atoms with Gasteiger partial charge in [-0.15, -0.1) is 17.5 Å². The van der Waals surface area contributed by atoms with Gasteiger partial charge in [-0.1, -0.05) is 11.2 Å². The van der Waals surface area contributed by atoms with E-state index in [0.29, 0.717) is 38.4 Å². The molecule has 48 heavy (non-hydrogen) atoms. The van der Waals surface area contributed by atoms with Gasteiger partial charge in [-0.2, -0.15) is 31.1 Å². The van der Waals surface area contributed by atoms with E-state index in [-0.39, 0.29) is 49.0 Å². The van der Waals surface area contributed by atoms with E-state index >= 15 is 0 Å². The SMILES string of the molecule is CCN(CC1CCC(C(=O)O)CC1)c1cc2c(cc1CN(Cc1cc(C(F)(F)F)cc(C(F)(F)F)c1)c1nnn(CC)n1)CCCC2.Cl. The summed E-state index contributed by atoms with van der Waals surface area (Å²) < 4.78 is 82.4. The molecular weight excluding hydrogens is 662 g/mol. The van der Waals surface area contributed by atoms with E-state index < -0.39 is 29.4 Å². The average Bonchev–Trinajstić information content (AvgIpc) is 3.52. The Morgan fingerprint density at radius 1 is 0.875 bits per heavy atom. The number of hydrogen-bond acceptors (Lipinski definition) is 6. The molecule has 1 aromatic heterocycles. The summed E-state index contributed by atoms with van der Waals surface area (Å²) >= 11 is 0. The van der Waals surface area contributed by atoms with Crippen molar-refractivity contribution in [2.24, 2.45) is 11.8 Å². The van der Waals surface area contributed by atoms with Crippen molar-refractivity contribution in [3.8, 4) is 0 Å². The van der Waals surface area contributed by atoms with Crippen LogP contribution in [0.3, 0.4) is 0 Å². The van der Waals surface area contributed by atoms with Crippen molar-refractivity contribution >= 4 is 30.0 Å². The van der Waals surface area contributed by atoms with Gasteiger partial charge in [0.1, 0.15) is 0 Å². The molecule has 0 unspecified atom stereocenters. The molecule has 8 nitrogen and oxygen atoms in total. The maximum atomic E-state index is 13.7. The van der Waals surface area contributed by atoms with Gasteiger partial charge in [0.05, 0.1) is 23.6 Å². The van der Waals surface area contributed by atoms with E-state index in [4.69, 9.17) is 0 Å². The zero-order valence-electron chi connectivity index (χ0n) is 26.9. The fourth-order valence-electron chi connectivity index (χ4n) is 6.78. The third kappa shape index (κ3) is 8.91. The second kappa shape index (κ2) is 15.3. The second-order valence-electron chi connectivity index (χ2n) is 12.6. The van der Waals surface area contributed by atoms with Crippen LogP contribution < -0.4 is 9.80 Å². The summed E-state index contributed by atoms with van der Waals surface area (Å²) in [5.41, 5.74) is 1.29. The van der Waals surface area contributed by atoms with Crippen molar-refractivity contribution in [1.82, 2.24) is 20.2 Å². The van der Waals surface area contributed by atoms with Gasteiger partial charge >= 0.3 is 18.3 Å². The number of aliphatic carboxylic acids is 1. The first kappa shape index (κ1) is 37.3.